The van der Waals surface area contributed by atoms with Gasteiger partial charge in [0.25, 0.3) is 0 Å². The van der Waals surface area contributed by atoms with Crippen molar-refractivity contribution >= 4 is 17.5 Å². The van der Waals surface area contributed by atoms with Gasteiger partial charge >= 0.3 is 5.97 Å². The lowest BCUT2D eigenvalue weighted by molar-refractivity contribution is -0.140. The van der Waals surface area contributed by atoms with Gasteiger partial charge in [0, 0.05) is 23.7 Å². The third-order valence-electron chi connectivity index (χ3n) is 6.44. The summed E-state index contributed by atoms with van der Waals surface area (Å²) in [4.78, 5) is 31.6. The number of rotatable bonds is 6. The number of aromatic hydroxyl groups is 1. The molecule has 2 atom stereocenters. The zero-order valence-electron chi connectivity index (χ0n) is 20.1. The Bertz CT molecular complexity index is 1160. The predicted molar refractivity (Wildman–Crippen MR) is 130 cm³/mol. The molecule has 0 aromatic heterocycles. The third-order valence-corrected chi connectivity index (χ3v) is 6.44. The van der Waals surface area contributed by atoms with E-state index in [1.54, 1.807) is 25.1 Å². The van der Waals surface area contributed by atoms with Gasteiger partial charge in [-0.2, -0.15) is 0 Å². The molecule has 1 heterocycles. The van der Waals surface area contributed by atoms with Crippen LogP contribution >= 0.6 is 0 Å². The van der Waals surface area contributed by atoms with E-state index in [1.807, 2.05) is 37.3 Å². The van der Waals surface area contributed by atoms with Gasteiger partial charge in [0.2, 0.25) is 0 Å². The Labute approximate surface area is 200 Å². The average Bonchev–Trinajstić information content (AvgIpc) is 2.78. The van der Waals surface area contributed by atoms with Gasteiger partial charge in [-0.25, -0.2) is 4.79 Å². The highest BCUT2D eigenvalue weighted by molar-refractivity contribution is 6.12. The van der Waals surface area contributed by atoms with Crippen molar-refractivity contribution < 1.29 is 24.2 Å². The highest BCUT2D eigenvalue weighted by Crippen LogP contribution is 2.48. The quantitative estimate of drug-likeness (QED) is 0.586. The van der Waals surface area contributed by atoms with E-state index in [1.165, 1.54) is 0 Å². The summed E-state index contributed by atoms with van der Waals surface area (Å²) in [7, 11) is 0. The number of carbonyl (C=O) groups excluding carboxylic acids is 2. The lowest BCUT2D eigenvalue weighted by atomic mass is 9.63. The van der Waals surface area contributed by atoms with E-state index in [9.17, 15) is 14.7 Å². The standard InChI is InChI=1S/C28H31NO5/c1-5-33-23-13-19(11-12-21(23)30)25-24(27(32)34-16-18-9-7-6-8-10-18)17(2)29-20-14-28(3,4)15-22(31)26(20)25/h6-13,25-26,30H,5,14-16H2,1-4H3/t25-,26?/m0/s1. The second-order valence-electron chi connectivity index (χ2n) is 9.76. The lowest BCUT2D eigenvalue weighted by Gasteiger charge is -2.41. The summed E-state index contributed by atoms with van der Waals surface area (Å²) in [6.07, 6.45) is 1.09. The maximum atomic E-state index is 13.4. The van der Waals surface area contributed by atoms with Crippen LogP contribution in [0.15, 0.2) is 64.8 Å². The number of allylic oxidation sites excluding steroid dienone is 1. The molecule has 0 amide bonds. The first-order valence-electron chi connectivity index (χ1n) is 11.7. The molecule has 4 rings (SSSR count). The monoisotopic (exact) mass is 461 g/mol. The van der Waals surface area contributed by atoms with E-state index < -0.39 is 17.8 Å². The summed E-state index contributed by atoms with van der Waals surface area (Å²) in [6.45, 7) is 8.27. The van der Waals surface area contributed by atoms with Crippen molar-refractivity contribution in [2.45, 2.75) is 53.1 Å². The largest absolute Gasteiger partial charge is 0.504 e. The topological polar surface area (TPSA) is 85.2 Å². The van der Waals surface area contributed by atoms with Crippen molar-refractivity contribution in [1.29, 1.82) is 0 Å². The van der Waals surface area contributed by atoms with Gasteiger partial charge < -0.3 is 14.6 Å². The Balaban J connectivity index is 1.77. The van der Waals surface area contributed by atoms with Crippen LogP contribution in [0.5, 0.6) is 11.5 Å². The number of hydrogen-bond acceptors (Lipinski definition) is 6. The number of esters is 1. The van der Waals surface area contributed by atoms with Crippen LogP contribution < -0.4 is 4.74 Å². The fourth-order valence-corrected chi connectivity index (χ4v) is 5.01. The second kappa shape index (κ2) is 9.45. The highest BCUT2D eigenvalue weighted by Gasteiger charge is 2.47. The predicted octanol–water partition coefficient (Wildman–Crippen LogP) is 5.35. The first kappa shape index (κ1) is 23.7. The van der Waals surface area contributed by atoms with Gasteiger partial charge in [0.15, 0.2) is 11.5 Å². The number of hydrogen-bond donors (Lipinski definition) is 1. The smallest absolute Gasteiger partial charge is 0.336 e. The van der Waals surface area contributed by atoms with Gasteiger partial charge in [-0.05, 0) is 48.9 Å². The maximum absolute atomic E-state index is 13.4. The molecule has 0 radical (unpaired) electrons. The summed E-state index contributed by atoms with van der Waals surface area (Å²) in [5, 5.41) is 10.2. The molecule has 1 unspecified atom stereocenters. The summed E-state index contributed by atoms with van der Waals surface area (Å²) in [5.41, 5.74) is 3.15. The number of phenolic OH excluding ortho intramolecular Hbond substituents is 1. The Morgan fingerprint density at radius 1 is 1.12 bits per heavy atom. The zero-order valence-corrected chi connectivity index (χ0v) is 20.1. The van der Waals surface area contributed by atoms with Gasteiger partial charge in [0.1, 0.15) is 12.4 Å². The molecule has 178 valence electrons. The molecule has 2 aromatic carbocycles. The third kappa shape index (κ3) is 4.76. The van der Waals surface area contributed by atoms with E-state index in [0.717, 1.165) is 16.8 Å². The van der Waals surface area contributed by atoms with E-state index in [0.29, 0.717) is 36.5 Å². The SMILES string of the molecule is CCOc1cc([C@H]2C(C(=O)OCc3ccccc3)=C(C)N=C3CC(C)(C)CC(=O)C32)ccc1O. The Kier molecular flexibility index (Phi) is 6.60. The van der Waals surface area contributed by atoms with Crippen LogP contribution in [0.25, 0.3) is 0 Å². The molecule has 6 heteroatoms. The minimum Gasteiger partial charge on any atom is -0.504 e. The Hall–Kier alpha value is -3.41. The lowest BCUT2D eigenvalue weighted by Crippen LogP contribution is -2.44. The first-order chi connectivity index (χ1) is 16.2. The van der Waals surface area contributed by atoms with Gasteiger partial charge in [-0.1, -0.05) is 50.2 Å². The maximum Gasteiger partial charge on any atom is 0.336 e. The number of ether oxygens (including phenoxy) is 2. The zero-order chi connectivity index (χ0) is 24.5. The van der Waals surface area contributed by atoms with Gasteiger partial charge in [-0.15, -0.1) is 0 Å². The first-order valence-corrected chi connectivity index (χ1v) is 11.7. The normalized spacial score (nSPS) is 21.5. The highest BCUT2D eigenvalue weighted by atomic mass is 16.5. The number of phenols is 1. The van der Waals surface area contributed by atoms with Crippen LogP contribution in [0, 0.1) is 11.3 Å². The van der Waals surface area contributed by atoms with Crippen LogP contribution in [0.3, 0.4) is 0 Å². The average molecular weight is 462 g/mol. The second-order valence-corrected chi connectivity index (χ2v) is 9.76. The fraction of sp³-hybridized carbons (Fsp3) is 0.393. The molecule has 1 fully saturated rings. The van der Waals surface area contributed by atoms with Crippen LogP contribution in [0.1, 0.15) is 57.6 Å². The number of aliphatic imine (C=N–C) groups is 1. The summed E-state index contributed by atoms with van der Waals surface area (Å²) in [6, 6.07) is 14.5. The molecule has 1 N–H and O–H groups in total. The Morgan fingerprint density at radius 3 is 2.56 bits per heavy atom. The molecule has 0 saturated heterocycles. The van der Waals surface area contributed by atoms with Crippen molar-refractivity contribution in [2.24, 2.45) is 16.3 Å². The number of ketones is 1. The van der Waals surface area contributed by atoms with E-state index in [4.69, 9.17) is 14.5 Å². The molecular weight excluding hydrogens is 430 g/mol. The molecule has 1 aliphatic heterocycles. The van der Waals surface area contributed by atoms with Crippen LogP contribution in [-0.4, -0.2) is 29.2 Å². The van der Waals surface area contributed by atoms with Crippen LogP contribution in [-0.2, 0) is 20.9 Å². The van der Waals surface area contributed by atoms with Crippen molar-refractivity contribution in [3.05, 3.63) is 70.9 Å². The molecule has 34 heavy (non-hydrogen) atoms. The molecule has 1 saturated carbocycles. The van der Waals surface area contributed by atoms with Crippen molar-refractivity contribution in [1.82, 2.24) is 0 Å². The molecule has 0 spiro atoms. The van der Waals surface area contributed by atoms with Crippen molar-refractivity contribution in [3.63, 3.8) is 0 Å². The summed E-state index contributed by atoms with van der Waals surface area (Å²) < 4.78 is 11.3. The number of Topliss-reactive ketones (excluding diaryl/α,β-unsaturated/α-hetero) is 1. The number of nitrogens with zero attached hydrogens (tertiary/aromatic N) is 1. The molecule has 2 aromatic rings. The summed E-state index contributed by atoms with van der Waals surface area (Å²) in [5.74, 6) is -1.19. The van der Waals surface area contributed by atoms with E-state index >= 15 is 0 Å². The minimum atomic E-state index is -0.556. The van der Waals surface area contributed by atoms with E-state index in [2.05, 4.69) is 13.8 Å². The molecule has 0 bridgehead atoms. The minimum absolute atomic E-state index is 0.0142. The molecule has 6 nitrogen and oxygen atoms in total. The van der Waals surface area contributed by atoms with Crippen molar-refractivity contribution in [2.75, 3.05) is 6.61 Å². The fourth-order valence-electron chi connectivity index (χ4n) is 5.01. The molecule has 2 aliphatic rings. The van der Waals surface area contributed by atoms with E-state index in [-0.39, 0.29) is 23.6 Å². The Morgan fingerprint density at radius 2 is 1.85 bits per heavy atom. The number of carbonyl (C=O) groups is 2. The van der Waals surface area contributed by atoms with Crippen molar-refractivity contribution in [3.8, 4) is 11.5 Å². The van der Waals surface area contributed by atoms with Crippen LogP contribution in [0.4, 0.5) is 0 Å². The van der Waals surface area contributed by atoms with Gasteiger partial charge in [-0.3, -0.25) is 9.79 Å². The number of benzene rings is 2. The molecular formula is C28H31NO5. The summed E-state index contributed by atoms with van der Waals surface area (Å²) >= 11 is 0. The van der Waals surface area contributed by atoms with Gasteiger partial charge in [0.05, 0.1) is 18.1 Å². The number of fused-ring (bicyclic) bond motifs is 1. The molecule has 1 aliphatic carbocycles. The van der Waals surface area contributed by atoms with Crippen LogP contribution in [0.2, 0.25) is 0 Å².